The van der Waals surface area contributed by atoms with Crippen molar-refractivity contribution in [1.29, 1.82) is 0 Å². The lowest BCUT2D eigenvalue weighted by molar-refractivity contribution is -0.166. The Hall–Kier alpha value is -4.19. The Kier molecular flexibility index (Phi) is 66.7. The van der Waals surface area contributed by atoms with Crippen LogP contribution < -0.4 is 0 Å². The summed E-state index contributed by atoms with van der Waals surface area (Å²) in [5, 5.41) is 0. The molecule has 0 radical (unpaired) electrons. The molecule has 0 aromatic rings. The highest BCUT2D eigenvalue weighted by molar-refractivity contribution is 5.71. The lowest BCUT2D eigenvalue weighted by Gasteiger charge is -2.18. The minimum absolute atomic E-state index is 0.102. The van der Waals surface area contributed by atoms with Gasteiger partial charge in [-0.05, 0) is 116 Å². The van der Waals surface area contributed by atoms with Gasteiger partial charge in [0.25, 0.3) is 0 Å². The number of allylic oxidation sites excluding steroid dienone is 20. The number of hydrogen-bond acceptors (Lipinski definition) is 6. The summed E-state index contributed by atoms with van der Waals surface area (Å²) in [6.45, 7) is 6.34. The first kappa shape index (κ1) is 78.8. The maximum atomic E-state index is 12.9. The first-order valence-electron chi connectivity index (χ1n) is 35.0. The molecular formula is C77H130O6. The van der Waals surface area contributed by atoms with Crippen LogP contribution in [0.2, 0.25) is 0 Å². The van der Waals surface area contributed by atoms with Crippen LogP contribution in [0, 0.1) is 0 Å². The van der Waals surface area contributed by atoms with E-state index >= 15 is 0 Å². The molecule has 0 aromatic heterocycles. The monoisotopic (exact) mass is 1150 g/mol. The molecule has 1 atom stereocenters. The fourth-order valence-electron chi connectivity index (χ4n) is 9.77. The van der Waals surface area contributed by atoms with Crippen LogP contribution in [-0.4, -0.2) is 37.2 Å². The molecule has 0 aromatic carbocycles. The highest BCUT2D eigenvalue weighted by atomic mass is 16.6. The molecule has 0 fully saturated rings. The average molecular weight is 1150 g/mol. The van der Waals surface area contributed by atoms with Gasteiger partial charge in [0.05, 0.1) is 0 Å². The van der Waals surface area contributed by atoms with Gasteiger partial charge >= 0.3 is 17.9 Å². The SMILES string of the molecule is CC/C=C\C/C=C\C/C=C\C/C=C\CCCCCCCCCCCCCCCCCCCCCCCCC(=O)OCC(COC(=O)CC/C=C\C/C=C\C/C=C\C/C=C\CC)OC(=O)CCCCCCCCC/C=C\C/C=C\CCCCC. The van der Waals surface area contributed by atoms with Crippen molar-refractivity contribution >= 4 is 17.9 Å². The number of hydrogen-bond donors (Lipinski definition) is 0. The van der Waals surface area contributed by atoms with Crippen molar-refractivity contribution in [1.82, 2.24) is 0 Å². The summed E-state index contributed by atoms with van der Waals surface area (Å²) in [5.74, 6) is -0.984. The molecular weight excluding hydrogens is 1020 g/mol. The second-order valence-corrected chi connectivity index (χ2v) is 23.0. The van der Waals surface area contributed by atoms with Crippen LogP contribution in [0.25, 0.3) is 0 Å². The van der Waals surface area contributed by atoms with Crippen molar-refractivity contribution in [3.05, 3.63) is 122 Å². The van der Waals surface area contributed by atoms with E-state index in [1.54, 1.807) is 0 Å². The zero-order valence-corrected chi connectivity index (χ0v) is 54.4. The number of esters is 3. The van der Waals surface area contributed by atoms with Crippen LogP contribution in [0.15, 0.2) is 122 Å². The van der Waals surface area contributed by atoms with E-state index in [0.717, 1.165) is 103 Å². The lowest BCUT2D eigenvalue weighted by Crippen LogP contribution is -2.30. The number of rotatable bonds is 63. The predicted octanol–water partition coefficient (Wildman–Crippen LogP) is 24.3. The zero-order valence-electron chi connectivity index (χ0n) is 54.4. The molecule has 0 aliphatic heterocycles. The first-order chi connectivity index (χ1) is 41.0. The highest BCUT2D eigenvalue weighted by Crippen LogP contribution is 2.17. The molecule has 0 aliphatic rings. The molecule has 0 N–H and O–H groups in total. The topological polar surface area (TPSA) is 78.9 Å². The minimum Gasteiger partial charge on any atom is -0.462 e. The number of unbranched alkanes of at least 4 members (excludes halogenated alkanes) is 32. The van der Waals surface area contributed by atoms with E-state index in [2.05, 4.69) is 136 Å². The Morgan fingerprint density at radius 2 is 0.494 bits per heavy atom. The van der Waals surface area contributed by atoms with Gasteiger partial charge in [-0.25, -0.2) is 0 Å². The van der Waals surface area contributed by atoms with Crippen molar-refractivity contribution in [2.75, 3.05) is 13.2 Å². The van der Waals surface area contributed by atoms with Crippen LogP contribution in [0.3, 0.4) is 0 Å². The average Bonchev–Trinajstić information content (AvgIpc) is 3.49. The van der Waals surface area contributed by atoms with E-state index in [0.29, 0.717) is 19.3 Å². The van der Waals surface area contributed by atoms with Gasteiger partial charge in [0.15, 0.2) is 6.10 Å². The van der Waals surface area contributed by atoms with Gasteiger partial charge in [0.2, 0.25) is 0 Å². The third-order valence-electron chi connectivity index (χ3n) is 14.9. The van der Waals surface area contributed by atoms with Crippen LogP contribution >= 0.6 is 0 Å². The van der Waals surface area contributed by atoms with Crippen molar-refractivity contribution in [2.45, 2.75) is 335 Å². The van der Waals surface area contributed by atoms with Gasteiger partial charge in [-0.3, -0.25) is 14.4 Å². The Morgan fingerprint density at radius 3 is 0.807 bits per heavy atom. The fourth-order valence-corrected chi connectivity index (χ4v) is 9.77. The Balaban J connectivity index is 4.16. The number of ether oxygens (including phenoxy) is 3. The van der Waals surface area contributed by atoms with Gasteiger partial charge in [-0.15, -0.1) is 0 Å². The van der Waals surface area contributed by atoms with Gasteiger partial charge in [0, 0.05) is 19.3 Å². The highest BCUT2D eigenvalue weighted by Gasteiger charge is 2.19. The standard InChI is InChI=1S/C77H130O6/c1-4-7-10-13-16-19-22-25-27-29-30-31-32-33-34-35-36-37-38-39-40-41-42-43-44-45-46-48-49-52-55-58-61-64-67-70-76(79)82-73-74(72-81-75(78)69-66-63-60-57-54-51-24-21-18-15-12-9-6-3)83-77(80)71-68-65-62-59-56-53-50-47-28-26-23-20-17-14-11-8-5-2/h7,9-10,12,16-21,25-28,30-31,51,54,60,63,74H,4-6,8,11,13-15,22-24,29,32-50,52-53,55-59,61-62,64-73H2,1-3H3/b10-7-,12-9-,19-16-,20-17-,21-18-,27-25-,28-26-,31-30-,54-51-,63-60-. The minimum atomic E-state index is -0.812. The number of carbonyl (C=O) groups excluding carboxylic acids is 3. The molecule has 6 nitrogen and oxygen atoms in total. The van der Waals surface area contributed by atoms with Crippen molar-refractivity contribution in [2.24, 2.45) is 0 Å². The molecule has 0 spiro atoms. The van der Waals surface area contributed by atoms with Gasteiger partial charge in [0.1, 0.15) is 13.2 Å². The lowest BCUT2D eigenvalue weighted by atomic mass is 10.0. The molecule has 6 heteroatoms. The molecule has 0 saturated carbocycles. The van der Waals surface area contributed by atoms with Gasteiger partial charge < -0.3 is 14.2 Å². The van der Waals surface area contributed by atoms with Gasteiger partial charge in [-0.1, -0.05) is 316 Å². The van der Waals surface area contributed by atoms with Crippen molar-refractivity contribution in [3.8, 4) is 0 Å². The molecule has 0 amide bonds. The second kappa shape index (κ2) is 70.3. The predicted molar refractivity (Wildman–Crippen MR) is 362 cm³/mol. The van der Waals surface area contributed by atoms with Crippen LogP contribution in [-0.2, 0) is 28.6 Å². The van der Waals surface area contributed by atoms with Crippen molar-refractivity contribution < 1.29 is 28.6 Å². The smallest absolute Gasteiger partial charge is 0.306 e. The summed E-state index contributed by atoms with van der Waals surface area (Å²) in [7, 11) is 0. The Bertz CT molecular complexity index is 1700. The molecule has 0 bridgehead atoms. The van der Waals surface area contributed by atoms with Crippen molar-refractivity contribution in [3.63, 3.8) is 0 Å². The summed E-state index contributed by atoms with van der Waals surface area (Å²) >= 11 is 0. The number of carbonyl (C=O) groups is 3. The largest absolute Gasteiger partial charge is 0.462 e. The third-order valence-corrected chi connectivity index (χ3v) is 14.9. The van der Waals surface area contributed by atoms with Gasteiger partial charge in [-0.2, -0.15) is 0 Å². The Labute approximate surface area is 513 Å². The maximum absolute atomic E-state index is 12.9. The van der Waals surface area contributed by atoms with E-state index in [4.69, 9.17) is 14.2 Å². The molecule has 0 heterocycles. The van der Waals surface area contributed by atoms with E-state index in [1.807, 2.05) is 6.08 Å². The molecule has 83 heavy (non-hydrogen) atoms. The quantitative estimate of drug-likeness (QED) is 0.0261. The summed E-state index contributed by atoms with van der Waals surface area (Å²) in [6.07, 6.45) is 98.3. The zero-order chi connectivity index (χ0) is 59.9. The van der Waals surface area contributed by atoms with E-state index in [9.17, 15) is 14.4 Å². The van der Waals surface area contributed by atoms with E-state index in [1.165, 1.54) is 180 Å². The summed E-state index contributed by atoms with van der Waals surface area (Å²) in [6, 6.07) is 0. The normalized spacial score (nSPS) is 12.9. The summed E-state index contributed by atoms with van der Waals surface area (Å²) in [4.78, 5) is 38.3. The van der Waals surface area contributed by atoms with Crippen LogP contribution in [0.1, 0.15) is 329 Å². The third kappa shape index (κ3) is 68.5. The molecule has 1 unspecified atom stereocenters. The van der Waals surface area contributed by atoms with Crippen LogP contribution in [0.4, 0.5) is 0 Å². The first-order valence-corrected chi connectivity index (χ1v) is 35.0. The van der Waals surface area contributed by atoms with Crippen LogP contribution in [0.5, 0.6) is 0 Å². The van der Waals surface area contributed by atoms with E-state index in [-0.39, 0.29) is 37.5 Å². The maximum Gasteiger partial charge on any atom is 0.306 e. The molecule has 0 aliphatic carbocycles. The van der Waals surface area contributed by atoms with E-state index < -0.39 is 6.10 Å². The second-order valence-electron chi connectivity index (χ2n) is 23.0. The fraction of sp³-hybridized carbons (Fsp3) is 0.701. The molecule has 0 saturated heterocycles. The molecule has 0 rings (SSSR count). The summed E-state index contributed by atoms with van der Waals surface area (Å²) < 4.78 is 16.9. The molecule has 474 valence electrons. The summed E-state index contributed by atoms with van der Waals surface area (Å²) in [5.41, 5.74) is 0. The Morgan fingerprint density at radius 1 is 0.253 bits per heavy atom.